The average molecular weight is 345 g/mol. The summed E-state index contributed by atoms with van der Waals surface area (Å²) in [5, 5.41) is 0.566. The zero-order valence-corrected chi connectivity index (χ0v) is 14.0. The molecular formula is C19H17ClO4. The van der Waals surface area contributed by atoms with Crippen molar-refractivity contribution < 1.29 is 18.7 Å². The lowest BCUT2D eigenvalue weighted by atomic mass is 9.74. The molecule has 1 aliphatic rings. The first-order valence-electron chi connectivity index (χ1n) is 7.80. The number of allylic oxidation sites excluding steroid dienone is 2. The fraction of sp³-hybridized carbons (Fsp3) is 0.263. The van der Waals surface area contributed by atoms with E-state index in [4.69, 9.17) is 20.8 Å². The molecule has 5 heteroatoms. The van der Waals surface area contributed by atoms with Crippen molar-refractivity contribution in [3.63, 3.8) is 0 Å². The summed E-state index contributed by atoms with van der Waals surface area (Å²) in [6.07, 6.45) is 3.55. The molecule has 2 atom stereocenters. The van der Waals surface area contributed by atoms with Crippen molar-refractivity contribution in [1.82, 2.24) is 0 Å². The van der Waals surface area contributed by atoms with E-state index >= 15 is 0 Å². The number of hydrogen-bond donors (Lipinski definition) is 0. The summed E-state index contributed by atoms with van der Waals surface area (Å²) in [4.78, 5) is 25.0. The molecule has 4 nitrogen and oxygen atoms in total. The Balaban J connectivity index is 2.02. The number of furan rings is 1. The van der Waals surface area contributed by atoms with Gasteiger partial charge in [-0.25, -0.2) is 0 Å². The summed E-state index contributed by atoms with van der Waals surface area (Å²) in [5.41, 5.74) is 1.61. The molecule has 0 saturated heterocycles. The quantitative estimate of drug-likeness (QED) is 0.614. The van der Waals surface area contributed by atoms with Gasteiger partial charge in [0.05, 0.1) is 12.9 Å². The lowest BCUT2D eigenvalue weighted by Gasteiger charge is -2.28. The van der Waals surface area contributed by atoms with Crippen LogP contribution in [-0.2, 0) is 14.3 Å². The van der Waals surface area contributed by atoms with Crippen LogP contribution in [0.2, 0.25) is 5.02 Å². The van der Waals surface area contributed by atoms with E-state index in [0.29, 0.717) is 17.2 Å². The number of rotatable bonds is 4. The predicted octanol–water partition coefficient (Wildman–Crippen LogP) is 4.25. The Morgan fingerprint density at radius 2 is 2.17 bits per heavy atom. The van der Waals surface area contributed by atoms with Crippen LogP contribution in [0.1, 0.15) is 30.6 Å². The topological polar surface area (TPSA) is 56.5 Å². The van der Waals surface area contributed by atoms with Gasteiger partial charge in [0.1, 0.15) is 11.7 Å². The molecule has 1 aromatic carbocycles. The van der Waals surface area contributed by atoms with Gasteiger partial charge in [-0.1, -0.05) is 23.7 Å². The minimum absolute atomic E-state index is 0.236. The Hall–Kier alpha value is -2.33. The standard InChI is InChI=1S/C19H17ClO4/c1-2-23-19(22)18-15(12-5-3-6-14(20)9-12)10-13(11-16(18)21)17-7-4-8-24-17/h3-9,11,15,18H,2,10H2,1H3/t15-,18-/m0/s1. The molecule has 0 fully saturated rings. The average Bonchev–Trinajstić information content (AvgIpc) is 3.08. The number of benzene rings is 1. The van der Waals surface area contributed by atoms with Crippen LogP contribution in [0.5, 0.6) is 0 Å². The summed E-state index contributed by atoms with van der Waals surface area (Å²) < 4.78 is 10.5. The van der Waals surface area contributed by atoms with Crippen molar-refractivity contribution in [3.05, 3.63) is 65.1 Å². The smallest absolute Gasteiger partial charge is 0.317 e. The van der Waals surface area contributed by atoms with Gasteiger partial charge >= 0.3 is 5.97 Å². The van der Waals surface area contributed by atoms with Crippen molar-refractivity contribution in [1.29, 1.82) is 0 Å². The highest BCUT2D eigenvalue weighted by atomic mass is 35.5. The van der Waals surface area contributed by atoms with Crippen LogP contribution in [0.4, 0.5) is 0 Å². The van der Waals surface area contributed by atoms with Gasteiger partial charge in [-0.3, -0.25) is 9.59 Å². The maximum absolute atomic E-state index is 12.6. The van der Waals surface area contributed by atoms with E-state index in [-0.39, 0.29) is 18.3 Å². The summed E-state index contributed by atoms with van der Waals surface area (Å²) in [5.74, 6) is -1.32. The highest BCUT2D eigenvalue weighted by Gasteiger charge is 2.40. The third-order valence-corrected chi connectivity index (χ3v) is 4.36. The molecule has 1 aliphatic carbocycles. The van der Waals surface area contributed by atoms with Crippen molar-refractivity contribution in [3.8, 4) is 0 Å². The molecule has 2 aromatic rings. The van der Waals surface area contributed by atoms with Crippen LogP contribution < -0.4 is 0 Å². The van der Waals surface area contributed by atoms with E-state index in [1.807, 2.05) is 12.1 Å². The summed E-state index contributed by atoms with van der Waals surface area (Å²) in [7, 11) is 0. The van der Waals surface area contributed by atoms with Crippen LogP contribution in [0.15, 0.2) is 53.2 Å². The molecule has 0 radical (unpaired) electrons. The number of carbonyl (C=O) groups is 2. The van der Waals surface area contributed by atoms with E-state index in [1.165, 1.54) is 6.08 Å². The highest BCUT2D eigenvalue weighted by Crippen LogP contribution is 2.40. The van der Waals surface area contributed by atoms with Gasteiger partial charge in [0.25, 0.3) is 0 Å². The number of ketones is 1. The van der Waals surface area contributed by atoms with Gasteiger partial charge in [0, 0.05) is 10.9 Å². The first-order valence-corrected chi connectivity index (χ1v) is 8.18. The lowest BCUT2D eigenvalue weighted by molar-refractivity contribution is -0.151. The molecule has 0 bridgehead atoms. The molecular weight excluding hydrogens is 328 g/mol. The second kappa shape index (κ2) is 7.05. The largest absolute Gasteiger partial charge is 0.465 e. The minimum atomic E-state index is -0.859. The molecule has 0 aliphatic heterocycles. The molecule has 0 saturated carbocycles. The third-order valence-electron chi connectivity index (χ3n) is 4.12. The Morgan fingerprint density at radius 1 is 1.33 bits per heavy atom. The zero-order valence-electron chi connectivity index (χ0n) is 13.2. The van der Waals surface area contributed by atoms with Crippen LogP contribution >= 0.6 is 11.6 Å². The number of ether oxygens (including phenoxy) is 1. The van der Waals surface area contributed by atoms with E-state index in [2.05, 4.69) is 0 Å². The van der Waals surface area contributed by atoms with Gasteiger partial charge in [-0.15, -0.1) is 0 Å². The maximum atomic E-state index is 12.6. The molecule has 1 heterocycles. The monoisotopic (exact) mass is 344 g/mol. The number of esters is 1. The van der Waals surface area contributed by atoms with Gasteiger partial charge in [-0.05, 0) is 54.8 Å². The summed E-state index contributed by atoms with van der Waals surface area (Å²) in [6.45, 7) is 1.96. The van der Waals surface area contributed by atoms with Crippen LogP contribution in [-0.4, -0.2) is 18.4 Å². The lowest BCUT2D eigenvalue weighted by Crippen LogP contribution is -2.34. The van der Waals surface area contributed by atoms with Crippen LogP contribution in [0.25, 0.3) is 5.57 Å². The van der Waals surface area contributed by atoms with E-state index in [9.17, 15) is 9.59 Å². The molecule has 0 spiro atoms. The second-order valence-corrected chi connectivity index (χ2v) is 6.08. The Kier molecular flexibility index (Phi) is 4.86. The van der Waals surface area contributed by atoms with Crippen molar-refractivity contribution in [2.24, 2.45) is 5.92 Å². The first-order chi connectivity index (χ1) is 11.6. The molecule has 1 aromatic heterocycles. The van der Waals surface area contributed by atoms with Gasteiger partial charge in [0.2, 0.25) is 0 Å². The van der Waals surface area contributed by atoms with E-state index in [0.717, 1.165) is 11.1 Å². The van der Waals surface area contributed by atoms with Crippen molar-refractivity contribution in [2.75, 3.05) is 6.61 Å². The number of carbonyl (C=O) groups excluding carboxylic acids is 2. The molecule has 0 unspecified atom stereocenters. The van der Waals surface area contributed by atoms with E-state index in [1.54, 1.807) is 37.5 Å². The van der Waals surface area contributed by atoms with Gasteiger partial charge in [0.15, 0.2) is 5.78 Å². The Bertz CT molecular complexity index is 776. The minimum Gasteiger partial charge on any atom is -0.465 e. The van der Waals surface area contributed by atoms with E-state index < -0.39 is 11.9 Å². The molecule has 124 valence electrons. The van der Waals surface area contributed by atoms with Gasteiger partial charge < -0.3 is 9.15 Å². The van der Waals surface area contributed by atoms with Crippen molar-refractivity contribution >= 4 is 28.9 Å². The zero-order chi connectivity index (χ0) is 17.1. The fourth-order valence-electron chi connectivity index (χ4n) is 3.07. The highest BCUT2D eigenvalue weighted by molar-refractivity contribution is 6.30. The summed E-state index contributed by atoms with van der Waals surface area (Å²) >= 11 is 6.09. The maximum Gasteiger partial charge on any atom is 0.317 e. The number of halogens is 1. The summed E-state index contributed by atoms with van der Waals surface area (Å²) in [6, 6.07) is 10.8. The third kappa shape index (κ3) is 3.29. The first kappa shape index (κ1) is 16.5. The normalized spacial score (nSPS) is 20.6. The number of hydrogen-bond acceptors (Lipinski definition) is 4. The molecule has 3 rings (SSSR count). The second-order valence-electron chi connectivity index (χ2n) is 5.64. The molecule has 24 heavy (non-hydrogen) atoms. The Labute approximate surface area is 145 Å². The van der Waals surface area contributed by atoms with Crippen molar-refractivity contribution in [2.45, 2.75) is 19.3 Å². The van der Waals surface area contributed by atoms with Crippen LogP contribution in [0, 0.1) is 5.92 Å². The van der Waals surface area contributed by atoms with Gasteiger partial charge in [-0.2, -0.15) is 0 Å². The molecule has 0 N–H and O–H groups in total. The molecule has 0 amide bonds. The Morgan fingerprint density at radius 3 is 2.83 bits per heavy atom. The fourth-order valence-corrected chi connectivity index (χ4v) is 3.27. The SMILES string of the molecule is CCOC(=O)[C@@H]1C(=O)C=C(c2ccco2)C[C@H]1c1cccc(Cl)c1. The van der Waals surface area contributed by atoms with Crippen LogP contribution in [0.3, 0.4) is 0 Å². The predicted molar refractivity (Wildman–Crippen MR) is 90.6 cm³/mol.